The summed E-state index contributed by atoms with van der Waals surface area (Å²) in [6.07, 6.45) is 0. The number of carbonyl (C=O) groups excluding carboxylic acids is 2. The Balaban J connectivity index is 1.93. The predicted molar refractivity (Wildman–Crippen MR) is 98.9 cm³/mol. The van der Waals surface area contributed by atoms with Crippen LogP contribution in [-0.2, 0) is 9.59 Å². The lowest BCUT2D eigenvalue weighted by Crippen LogP contribution is -2.43. The number of hydrogen-bond acceptors (Lipinski definition) is 4. The van der Waals surface area contributed by atoms with E-state index in [1.807, 2.05) is 6.07 Å². The number of para-hydroxylation sites is 3. The van der Waals surface area contributed by atoms with Gasteiger partial charge in [0.1, 0.15) is 5.75 Å². The van der Waals surface area contributed by atoms with Crippen molar-refractivity contribution < 1.29 is 23.1 Å². The third-order valence-corrected chi connectivity index (χ3v) is 3.85. The van der Waals surface area contributed by atoms with E-state index >= 15 is 0 Å². The molecule has 27 heavy (non-hydrogen) atoms. The molecule has 2 N–H and O–H groups in total. The largest absolute Gasteiger partial charge is 0.433 e. The fourth-order valence-electron chi connectivity index (χ4n) is 2.29. The number of nitrogens with one attached hydrogen (secondary N) is 2. The number of amides is 2. The third kappa shape index (κ3) is 6.34. The first kappa shape index (κ1) is 20.3. The maximum absolute atomic E-state index is 12.5. The lowest BCUT2D eigenvalue weighted by atomic mass is 10.2. The Labute approximate surface area is 156 Å². The molecule has 2 aromatic carbocycles. The molecule has 0 spiro atoms. The Hall–Kier alpha value is -3.00. The molecule has 0 radical (unpaired) electrons. The summed E-state index contributed by atoms with van der Waals surface area (Å²) in [5.74, 6) is -0.849. The Kier molecular flexibility index (Phi) is 7.25. The van der Waals surface area contributed by atoms with E-state index in [-0.39, 0.29) is 23.9 Å². The van der Waals surface area contributed by atoms with Gasteiger partial charge in [0.2, 0.25) is 11.8 Å². The van der Waals surface area contributed by atoms with E-state index in [1.165, 1.54) is 18.2 Å². The molecule has 6 nitrogen and oxygen atoms in total. The molecule has 144 valence electrons. The number of likely N-dealkylation sites (N-methyl/N-ethyl adjacent to an activating group) is 1. The molecule has 0 saturated carbocycles. The highest BCUT2D eigenvalue weighted by molar-refractivity contribution is 5.97. The molecule has 0 fully saturated rings. The third-order valence-electron chi connectivity index (χ3n) is 3.85. The van der Waals surface area contributed by atoms with Crippen LogP contribution in [0.25, 0.3) is 0 Å². The molecular weight excluding hydrogens is 356 g/mol. The number of benzene rings is 2. The Morgan fingerprint density at radius 1 is 1.04 bits per heavy atom. The molecule has 0 bridgehead atoms. The molecule has 8 heteroatoms. The molecule has 2 rings (SSSR count). The number of carbonyl (C=O) groups is 2. The number of hydrogen-bond donors (Lipinski definition) is 2. The van der Waals surface area contributed by atoms with Gasteiger partial charge in [-0.05, 0) is 38.2 Å². The zero-order valence-corrected chi connectivity index (χ0v) is 15.0. The van der Waals surface area contributed by atoms with Crippen LogP contribution in [0.1, 0.15) is 6.92 Å². The van der Waals surface area contributed by atoms with Crippen LogP contribution >= 0.6 is 0 Å². The van der Waals surface area contributed by atoms with Gasteiger partial charge in [-0.3, -0.25) is 14.5 Å². The van der Waals surface area contributed by atoms with Crippen molar-refractivity contribution in [2.24, 2.45) is 0 Å². The monoisotopic (exact) mass is 377 g/mol. The topological polar surface area (TPSA) is 70.7 Å². The van der Waals surface area contributed by atoms with Gasteiger partial charge in [-0.25, -0.2) is 0 Å². The van der Waals surface area contributed by atoms with Crippen LogP contribution in [0.15, 0.2) is 54.6 Å². The highest BCUT2D eigenvalue weighted by Crippen LogP contribution is 2.25. The van der Waals surface area contributed by atoms with Crippen molar-refractivity contribution in [2.45, 2.75) is 19.6 Å². The summed E-state index contributed by atoms with van der Waals surface area (Å²) >= 11 is 0. The number of alkyl halides is 2. The zero-order chi connectivity index (χ0) is 19.8. The maximum atomic E-state index is 12.5. The lowest BCUT2D eigenvalue weighted by Gasteiger charge is -2.23. The second-order valence-corrected chi connectivity index (χ2v) is 5.87. The Morgan fingerprint density at radius 3 is 2.33 bits per heavy atom. The van der Waals surface area contributed by atoms with Crippen LogP contribution < -0.4 is 15.4 Å². The maximum Gasteiger partial charge on any atom is 0.387 e. The van der Waals surface area contributed by atoms with E-state index in [4.69, 9.17) is 0 Å². The lowest BCUT2D eigenvalue weighted by molar-refractivity contribution is -0.122. The van der Waals surface area contributed by atoms with Crippen LogP contribution in [0.3, 0.4) is 0 Å². The molecule has 1 unspecified atom stereocenters. The zero-order valence-electron chi connectivity index (χ0n) is 15.0. The van der Waals surface area contributed by atoms with Crippen LogP contribution in [0.2, 0.25) is 0 Å². The number of anilines is 2. The summed E-state index contributed by atoms with van der Waals surface area (Å²) in [5.41, 5.74) is 0.794. The van der Waals surface area contributed by atoms with E-state index in [0.29, 0.717) is 5.69 Å². The predicted octanol–water partition coefficient (Wildman–Crippen LogP) is 3.19. The van der Waals surface area contributed by atoms with E-state index in [2.05, 4.69) is 15.4 Å². The minimum atomic E-state index is -3.00. The van der Waals surface area contributed by atoms with Gasteiger partial charge in [-0.1, -0.05) is 30.3 Å². The highest BCUT2D eigenvalue weighted by Gasteiger charge is 2.21. The molecule has 0 heterocycles. The van der Waals surface area contributed by atoms with Gasteiger partial charge in [0.15, 0.2) is 0 Å². The molecule has 2 aromatic rings. The van der Waals surface area contributed by atoms with Crippen molar-refractivity contribution in [2.75, 3.05) is 24.2 Å². The second kappa shape index (κ2) is 9.63. The molecule has 2 amide bonds. The van der Waals surface area contributed by atoms with Crippen LogP contribution in [0.4, 0.5) is 20.2 Å². The van der Waals surface area contributed by atoms with Crippen molar-refractivity contribution in [3.8, 4) is 5.75 Å². The first-order valence-electron chi connectivity index (χ1n) is 8.26. The Bertz CT molecular complexity index is 772. The molecular formula is C19H21F2N3O3. The van der Waals surface area contributed by atoms with Gasteiger partial charge in [-0.2, -0.15) is 8.78 Å². The first-order valence-corrected chi connectivity index (χ1v) is 8.26. The van der Waals surface area contributed by atoms with E-state index < -0.39 is 18.6 Å². The summed E-state index contributed by atoms with van der Waals surface area (Å²) in [7, 11) is 1.62. The fraction of sp³-hybridized carbons (Fsp3) is 0.263. The van der Waals surface area contributed by atoms with Gasteiger partial charge in [0.25, 0.3) is 0 Å². The summed E-state index contributed by atoms with van der Waals surface area (Å²) in [5, 5.41) is 5.28. The molecule has 0 aliphatic carbocycles. The molecule has 0 aliphatic rings. The van der Waals surface area contributed by atoms with Crippen molar-refractivity contribution >= 4 is 23.2 Å². The van der Waals surface area contributed by atoms with Crippen molar-refractivity contribution in [3.63, 3.8) is 0 Å². The molecule has 0 aliphatic heterocycles. The normalized spacial score (nSPS) is 11.9. The van der Waals surface area contributed by atoms with Gasteiger partial charge < -0.3 is 15.4 Å². The average Bonchev–Trinajstić information content (AvgIpc) is 2.62. The summed E-state index contributed by atoms with van der Waals surface area (Å²) in [6, 6.07) is 14.2. The van der Waals surface area contributed by atoms with E-state index in [0.717, 1.165) is 0 Å². The van der Waals surface area contributed by atoms with Crippen LogP contribution in [-0.4, -0.2) is 43.0 Å². The van der Waals surface area contributed by atoms with Crippen LogP contribution in [0, 0.1) is 0 Å². The molecule has 1 atom stereocenters. The standard InChI is InChI=1S/C19H21F2N3O3/c1-13(24(2)12-17(25)22-14-8-4-3-5-9-14)18(26)23-15-10-6-7-11-16(15)27-19(20)21/h3-11,13,19H,12H2,1-2H3,(H,22,25)(H,23,26). The van der Waals surface area contributed by atoms with Gasteiger partial charge in [0, 0.05) is 5.69 Å². The van der Waals surface area contributed by atoms with Crippen molar-refractivity contribution in [3.05, 3.63) is 54.6 Å². The molecule has 0 aromatic heterocycles. The quantitative estimate of drug-likeness (QED) is 0.741. The van der Waals surface area contributed by atoms with Gasteiger partial charge >= 0.3 is 6.61 Å². The number of nitrogens with zero attached hydrogens (tertiary/aromatic N) is 1. The Morgan fingerprint density at radius 2 is 1.67 bits per heavy atom. The van der Waals surface area contributed by atoms with E-state index in [1.54, 1.807) is 49.2 Å². The second-order valence-electron chi connectivity index (χ2n) is 5.87. The van der Waals surface area contributed by atoms with Gasteiger partial charge in [0.05, 0.1) is 18.3 Å². The minimum absolute atomic E-state index is 0.0152. The first-order chi connectivity index (χ1) is 12.9. The number of halogens is 2. The minimum Gasteiger partial charge on any atom is -0.433 e. The number of ether oxygens (including phenoxy) is 1. The molecule has 0 saturated heterocycles. The fourth-order valence-corrected chi connectivity index (χ4v) is 2.29. The average molecular weight is 377 g/mol. The highest BCUT2D eigenvalue weighted by atomic mass is 19.3. The summed E-state index contributed by atoms with van der Waals surface area (Å²) < 4.78 is 29.3. The smallest absolute Gasteiger partial charge is 0.387 e. The van der Waals surface area contributed by atoms with Gasteiger partial charge in [-0.15, -0.1) is 0 Å². The number of rotatable bonds is 8. The summed E-state index contributed by atoms with van der Waals surface area (Å²) in [6.45, 7) is -1.40. The SMILES string of the molecule is CC(C(=O)Nc1ccccc1OC(F)F)N(C)CC(=O)Nc1ccccc1. The van der Waals surface area contributed by atoms with E-state index in [9.17, 15) is 18.4 Å². The van der Waals surface area contributed by atoms with Crippen LogP contribution in [0.5, 0.6) is 5.75 Å². The van der Waals surface area contributed by atoms with Crippen molar-refractivity contribution in [1.82, 2.24) is 4.90 Å². The summed E-state index contributed by atoms with van der Waals surface area (Å²) in [4.78, 5) is 26.0. The van der Waals surface area contributed by atoms with Crippen molar-refractivity contribution in [1.29, 1.82) is 0 Å².